The minimum atomic E-state index is -0.613. The molecule has 0 N–H and O–H groups in total. The van der Waals surface area contributed by atoms with Gasteiger partial charge in [0.2, 0.25) is 0 Å². The van der Waals surface area contributed by atoms with Crippen molar-refractivity contribution < 1.29 is 23.5 Å². The smallest absolute Gasteiger partial charge is 0.271 e. The summed E-state index contributed by atoms with van der Waals surface area (Å²) in [6, 6.07) is 25.2. The second kappa shape index (κ2) is 13.1. The summed E-state index contributed by atoms with van der Waals surface area (Å²) in [4.78, 5) is 27.7. The fraction of sp³-hybridized carbons (Fsp3) is 0.176. The number of imide groups is 1. The van der Waals surface area contributed by atoms with Crippen LogP contribution in [0.3, 0.4) is 0 Å². The van der Waals surface area contributed by atoms with Crippen LogP contribution in [0.4, 0.5) is 4.39 Å². The van der Waals surface area contributed by atoms with Crippen LogP contribution in [0.15, 0.2) is 102 Å². The number of para-hydroxylation sites is 1. The standard InChI is InChI=1S/C34H29FN4O4/c1-23-29(33(40)38(16-9-17-42-2)34(41)30(23)20-36)19-26-21-39(27-12-4-3-5-13-27)37-32(26)24-11-8-14-28(18-24)43-22-25-10-6-7-15-31(25)35/h3-8,10-15,18-19,21H,9,16-17,22H2,1-2H3/b29-19+. The molecule has 0 saturated carbocycles. The van der Waals surface area contributed by atoms with Crippen molar-refractivity contribution in [1.29, 1.82) is 5.26 Å². The lowest BCUT2D eigenvalue weighted by molar-refractivity contribution is -0.140. The van der Waals surface area contributed by atoms with Crippen LogP contribution in [0.25, 0.3) is 23.0 Å². The molecule has 1 aliphatic heterocycles. The van der Waals surface area contributed by atoms with Gasteiger partial charge in [0.25, 0.3) is 11.8 Å². The summed E-state index contributed by atoms with van der Waals surface area (Å²) in [6.45, 7) is 2.14. The van der Waals surface area contributed by atoms with Crippen molar-refractivity contribution in [2.75, 3.05) is 20.3 Å². The quantitative estimate of drug-likeness (QED) is 0.133. The van der Waals surface area contributed by atoms with E-state index in [9.17, 15) is 19.2 Å². The third-order valence-electron chi connectivity index (χ3n) is 7.08. The van der Waals surface area contributed by atoms with Crippen LogP contribution in [-0.2, 0) is 20.9 Å². The maximum atomic E-state index is 14.1. The van der Waals surface area contributed by atoms with E-state index in [4.69, 9.17) is 14.6 Å². The number of hydrogen-bond acceptors (Lipinski definition) is 6. The second-order valence-electron chi connectivity index (χ2n) is 9.90. The minimum absolute atomic E-state index is 0.0495. The normalized spacial score (nSPS) is 14.4. The molecular formula is C34H29FN4O4. The number of benzene rings is 3. The van der Waals surface area contributed by atoms with Crippen LogP contribution < -0.4 is 4.74 Å². The topological polar surface area (TPSA) is 97.5 Å². The summed E-state index contributed by atoms with van der Waals surface area (Å²) in [5, 5.41) is 14.6. The zero-order valence-corrected chi connectivity index (χ0v) is 23.8. The van der Waals surface area contributed by atoms with Crippen LogP contribution >= 0.6 is 0 Å². The van der Waals surface area contributed by atoms with Crippen LogP contribution in [0.2, 0.25) is 0 Å². The molecule has 9 heteroatoms. The minimum Gasteiger partial charge on any atom is -0.489 e. The summed E-state index contributed by atoms with van der Waals surface area (Å²) in [5.41, 5.74) is 3.54. The largest absolute Gasteiger partial charge is 0.489 e. The van der Waals surface area contributed by atoms with E-state index in [2.05, 4.69) is 0 Å². The molecule has 2 amide bonds. The number of halogens is 1. The molecule has 0 unspecified atom stereocenters. The number of nitriles is 1. The maximum Gasteiger partial charge on any atom is 0.271 e. The van der Waals surface area contributed by atoms with E-state index >= 15 is 0 Å². The number of carbonyl (C=O) groups is 2. The Bertz CT molecular complexity index is 1770. The monoisotopic (exact) mass is 576 g/mol. The molecule has 5 rings (SSSR count). The molecular weight excluding hydrogens is 547 g/mol. The third kappa shape index (κ3) is 6.30. The first-order valence-corrected chi connectivity index (χ1v) is 13.7. The highest BCUT2D eigenvalue weighted by Gasteiger charge is 2.35. The van der Waals surface area contributed by atoms with Crippen molar-refractivity contribution in [3.05, 3.63) is 119 Å². The average Bonchev–Trinajstić information content (AvgIpc) is 3.45. The van der Waals surface area contributed by atoms with Crippen LogP contribution in [0.1, 0.15) is 24.5 Å². The van der Waals surface area contributed by atoms with Crippen molar-refractivity contribution in [1.82, 2.24) is 14.7 Å². The number of methoxy groups -OCH3 is 1. The fourth-order valence-corrected chi connectivity index (χ4v) is 4.80. The predicted molar refractivity (Wildman–Crippen MR) is 159 cm³/mol. The summed E-state index contributed by atoms with van der Waals surface area (Å²) < 4.78 is 26.8. The Balaban J connectivity index is 1.57. The first-order valence-electron chi connectivity index (χ1n) is 13.7. The van der Waals surface area contributed by atoms with Gasteiger partial charge in [0, 0.05) is 48.7 Å². The van der Waals surface area contributed by atoms with Gasteiger partial charge in [0.05, 0.1) is 5.69 Å². The molecule has 2 heterocycles. The molecule has 0 atom stereocenters. The van der Waals surface area contributed by atoms with E-state index in [-0.39, 0.29) is 30.1 Å². The Labute approximate surface area is 248 Å². The Morgan fingerprint density at radius 1 is 1.00 bits per heavy atom. The van der Waals surface area contributed by atoms with Gasteiger partial charge in [0.1, 0.15) is 35.5 Å². The van der Waals surface area contributed by atoms with E-state index in [0.29, 0.717) is 46.7 Å². The van der Waals surface area contributed by atoms with Crippen molar-refractivity contribution in [3.8, 4) is 28.8 Å². The summed E-state index contributed by atoms with van der Waals surface area (Å²) in [5.74, 6) is -0.933. The predicted octanol–water partition coefficient (Wildman–Crippen LogP) is 5.89. The number of rotatable bonds is 10. The van der Waals surface area contributed by atoms with Gasteiger partial charge in [-0.3, -0.25) is 14.5 Å². The van der Waals surface area contributed by atoms with E-state index in [1.165, 1.54) is 6.07 Å². The number of amides is 2. The third-order valence-corrected chi connectivity index (χ3v) is 7.08. The van der Waals surface area contributed by atoms with Gasteiger partial charge in [-0.2, -0.15) is 10.4 Å². The number of aromatic nitrogens is 2. The van der Waals surface area contributed by atoms with Gasteiger partial charge in [-0.25, -0.2) is 9.07 Å². The van der Waals surface area contributed by atoms with Crippen molar-refractivity contribution in [2.24, 2.45) is 0 Å². The molecule has 1 aromatic heterocycles. The molecule has 1 aliphatic rings. The molecule has 43 heavy (non-hydrogen) atoms. The SMILES string of the molecule is COCCCN1C(=O)C(C#N)=C(C)/C(=C\c2cn(-c3ccccc3)nc2-c2cccc(OCc3ccccc3F)c2)C1=O. The molecule has 216 valence electrons. The maximum absolute atomic E-state index is 14.1. The first-order chi connectivity index (χ1) is 20.9. The molecule has 3 aromatic carbocycles. The Kier molecular flexibility index (Phi) is 8.89. The van der Waals surface area contributed by atoms with Crippen molar-refractivity contribution >= 4 is 17.9 Å². The number of ether oxygens (including phenoxy) is 2. The van der Waals surface area contributed by atoms with Gasteiger partial charge in [-0.15, -0.1) is 0 Å². The van der Waals surface area contributed by atoms with Crippen LogP contribution in [0.5, 0.6) is 5.75 Å². The van der Waals surface area contributed by atoms with Crippen LogP contribution in [0, 0.1) is 17.1 Å². The summed E-state index contributed by atoms with van der Waals surface area (Å²) in [7, 11) is 1.54. The summed E-state index contributed by atoms with van der Waals surface area (Å²) >= 11 is 0. The molecule has 0 radical (unpaired) electrons. The van der Waals surface area contributed by atoms with E-state index < -0.39 is 11.8 Å². The van der Waals surface area contributed by atoms with Gasteiger partial charge in [-0.1, -0.05) is 48.5 Å². The van der Waals surface area contributed by atoms with Gasteiger partial charge in [-0.05, 0) is 55.3 Å². The highest BCUT2D eigenvalue weighted by atomic mass is 19.1. The van der Waals surface area contributed by atoms with Gasteiger partial charge >= 0.3 is 0 Å². The van der Waals surface area contributed by atoms with E-state index in [1.54, 1.807) is 61.3 Å². The first kappa shape index (κ1) is 29.2. The fourth-order valence-electron chi connectivity index (χ4n) is 4.80. The molecule has 4 aromatic rings. The molecule has 8 nitrogen and oxygen atoms in total. The summed E-state index contributed by atoms with van der Waals surface area (Å²) in [6.07, 6.45) is 3.90. The second-order valence-corrected chi connectivity index (χ2v) is 9.90. The van der Waals surface area contributed by atoms with Crippen molar-refractivity contribution in [2.45, 2.75) is 20.0 Å². The van der Waals surface area contributed by atoms with Crippen LogP contribution in [-0.4, -0.2) is 46.8 Å². The van der Waals surface area contributed by atoms with E-state index in [0.717, 1.165) is 10.6 Å². The van der Waals surface area contributed by atoms with Gasteiger partial charge in [0.15, 0.2) is 0 Å². The Morgan fingerprint density at radius 3 is 2.51 bits per heavy atom. The average molecular weight is 577 g/mol. The van der Waals surface area contributed by atoms with E-state index in [1.807, 2.05) is 48.5 Å². The number of hydrogen-bond donors (Lipinski definition) is 0. The lowest BCUT2D eigenvalue weighted by atomic mass is 9.93. The lowest BCUT2D eigenvalue weighted by Gasteiger charge is -2.27. The highest BCUT2D eigenvalue weighted by Crippen LogP contribution is 2.32. The number of carbonyl (C=O) groups excluding carboxylic acids is 2. The molecule has 0 bridgehead atoms. The Morgan fingerprint density at radius 2 is 1.77 bits per heavy atom. The zero-order chi connectivity index (χ0) is 30.3. The lowest BCUT2D eigenvalue weighted by Crippen LogP contribution is -2.43. The number of nitrogens with zero attached hydrogens (tertiary/aromatic N) is 4. The molecule has 0 spiro atoms. The van der Waals surface area contributed by atoms with Crippen molar-refractivity contribution in [3.63, 3.8) is 0 Å². The molecule has 0 aliphatic carbocycles. The molecule has 0 fully saturated rings. The van der Waals surface area contributed by atoms with Gasteiger partial charge < -0.3 is 9.47 Å². The zero-order valence-electron chi connectivity index (χ0n) is 23.8. The highest BCUT2D eigenvalue weighted by molar-refractivity contribution is 6.19. The molecule has 0 saturated heterocycles. The Hall–Kier alpha value is -5.33.